The molecular weight excluding hydrogens is 384 g/mol. The normalized spacial score (nSPS) is 18.7. The molecule has 0 radical (unpaired) electrons. The molecule has 3 aromatic rings. The molecule has 1 aliphatic carbocycles. The Bertz CT molecular complexity index is 1170. The summed E-state index contributed by atoms with van der Waals surface area (Å²) in [4.78, 5) is 33.0. The lowest BCUT2D eigenvalue weighted by Crippen LogP contribution is -2.36. The van der Waals surface area contributed by atoms with Gasteiger partial charge in [0.05, 0.1) is 35.8 Å². The summed E-state index contributed by atoms with van der Waals surface area (Å²) in [5.74, 6) is 0.659. The van der Waals surface area contributed by atoms with Crippen LogP contribution < -0.4 is 5.56 Å². The van der Waals surface area contributed by atoms with Gasteiger partial charge < -0.3 is 14.5 Å². The van der Waals surface area contributed by atoms with Gasteiger partial charge in [-0.05, 0) is 50.7 Å². The van der Waals surface area contributed by atoms with Gasteiger partial charge >= 0.3 is 0 Å². The number of aliphatic hydroxyl groups is 1. The van der Waals surface area contributed by atoms with E-state index in [1.54, 1.807) is 23.1 Å². The number of fused-ring (bicyclic) bond motifs is 2. The maximum atomic E-state index is 13.4. The van der Waals surface area contributed by atoms with Crippen molar-refractivity contribution in [3.63, 3.8) is 0 Å². The molecule has 1 amide bonds. The number of para-hydroxylation sites is 1. The molecule has 1 saturated heterocycles. The van der Waals surface area contributed by atoms with E-state index in [1.165, 1.54) is 4.57 Å². The van der Waals surface area contributed by atoms with Crippen molar-refractivity contribution in [2.75, 3.05) is 13.2 Å². The molecule has 1 unspecified atom stereocenters. The number of likely N-dealkylation sites (tertiary alicyclic amines) is 1. The van der Waals surface area contributed by atoms with Crippen LogP contribution in [0.1, 0.15) is 59.4 Å². The summed E-state index contributed by atoms with van der Waals surface area (Å²) in [5, 5.41) is 14.2. The lowest BCUT2D eigenvalue weighted by molar-refractivity contribution is 0.0682. The predicted molar refractivity (Wildman–Crippen MR) is 109 cm³/mol. The standard InChI is InChI=1S/C22H24N4O4/c27-13-12-26-20(23-16-8-3-2-7-15(16)21(26)28)18-10-5-11-25(18)22(29)19-14-6-1-4-9-17(14)24-30-19/h2-3,7-8,18,27H,1,4-6,9-13H2. The largest absolute Gasteiger partial charge is 0.395 e. The molecule has 1 fully saturated rings. The average Bonchev–Trinajstić information content (AvgIpc) is 3.42. The van der Waals surface area contributed by atoms with E-state index in [-0.39, 0.29) is 30.7 Å². The highest BCUT2D eigenvalue weighted by Crippen LogP contribution is 2.34. The Balaban J connectivity index is 1.57. The molecule has 0 saturated carbocycles. The molecule has 0 spiro atoms. The van der Waals surface area contributed by atoms with E-state index in [0.717, 1.165) is 43.4 Å². The monoisotopic (exact) mass is 408 g/mol. The van der Waals surface area contributed by atoms with E-state index in [2.05, 4.69) is 5.16 Å². The first kappa shape index (κ1) is 19.0. The van der Waals surface area contributed by atoms with Crippen LogP contribution in [0.3, 0.4) is 0 Å². The number of amides is 1. The Morgan fingerprint density at radius 1 is 1.20 bits per heavy atom. The quantitative estimate of drug-likeness (QED) is 0.710. The number of aryl methyl sites for hydroxylation is 1. The van der Waals surface area contributed by atoms with Gasteiger partial charge in [0.15, 0.2) is 0 Å². The summed E-state index contributed by atoms with van der Waals surface area (Å²) in [5.41, 5.74) is 2.22. The number of carbonyl (C=O) groups excluding carboxylic acids is 1. The second-order valence-corrected chi connectivity index (χ2v) is 7.97. The second-order valence-electron chi connectivity index (χ2n) is 7.97. The number of aromatic nitrogens is 3. The molecule has 5 rings (SSSR count). The van der Waals surface area contributed by atoms with Crippen molar-refractivity contribution < 1.29 is 14.4 Å². The van der Waals surface area contributed by atoms with Crippen LogP contribution in [-0.2, 0) is 19.4 Å². The van der Waals surface area contributed by atoms with Gasteiger partial charge in [0.1, 0.15) is 5.82 Å². The van der Waals surface area contributed by atoms with Gasteiger partial charge in [0, 0.05) is 12.1 Å². The molecule has 30 heavy (non-hydrogen) atoms. The molecule has 1 aromatic carbocycles. The Morgan fingerprint density at radius 3 is 2.90 bits per heavy atom. The van der Waals surface area contributed by atoms with E-state index in [9.17, 15) is 14.7 Å². The molecule has 8 nitrogen and oxygen atoms in total. The van der Waals surface area contributed by atoms with E-state index < -0.39 is 0 Å². The zero-order valence-electron chi connectivity index (χ0n) is 16.7. The molecular formula is C22H24N4O4. The highest BCUT2D eigenvalue weighted by molar-refractivity contribution is 5.93. The first-order valence-corrected chi connectivity index (χ1v) is 10.6. The molecule has 8 heteroatoms. The summed E-state index contributed by atoms with van der Waals surface area (Å²) in [7, 11) is 0. The van der Waals surface area contributed by atoms with Crippen molar-refractivity contribution in [2.45, 2.75) is 51.1 Å². The topological polar surface area (TPSA) is 101 Å². The minimum Gasteiger partial charge on any atom is -0.395 e. The maximum Gasteiger partial charge on any atom is 0.293 e. The number of benzene rings is 1. The Hall–Kier alpha value is -3.00. The van der Waals surface area contributed by atoms with Gasteiger partial charge in [-0.15, -0.1) is 0 Å². The highest BCUT2D eigenvalue weighted by atomic mass is 16.5. The molecule has 156 valence electrons. The van der Waals surface area contributed by atoms with Gasteiger partial charge in [-0.1, -0.05) is 17.3 Å². The van der Waals surface area contributed by atoms with Gasteiger partial charge in [-0.3, -0.25) is 14.2 Å². The number of hydrogen-bond acceptors (Lipinski definition) is 6. The van der Waals surface area contributed by atoms with Crippen LogP contribution in [0, 0.1) is 0 Å². The van der Waals surface area contributed by atoms with Crippen LogP contribution in [0.5, 0.6) is 0 Å². The van der Waals surface area contributed by atoms with E-state index in [0.29, 0.717) is 35.5 Å². The highest BCUT2D eigenvalue weighted by Gasteiger charge is 2.37. The first-order valence-electron chi connectivity index (χ1n) is 10.6. The minimum absolute atomic E-state index is 0.141. The maximum absolute atomic E-state index is 13.4. The summed E-state index contributed by atoms with van der Waals surface area (Å²) in [6.07, 6.45) is 5.26. The SMILES string of the molecule is O=C(c1onc2c1CCCC2)N1CCCC1c1nc2ccccc2c(=O)n1CCO. The zero-order chi connectivity index (χ0) is 20.7. The van der Waals surface area contributed by atoms with Crippen LogP contribution in [0.25, 0.3) is 10.9 Å². The fourth-order valence-electron chi connectivity index (χ4n) is 4.72. The molecule has 2 aliphatic rings. The summed E-state index contributed by atoms with van der Waals surface area (Å²) in [6.45, 7) is 0.534. The van der Waals surface area contributed by atoms with Crippen LogP contribution in [0.2, 0.25) is 0 Å². The van der Waals surface area contributed by atoms with Gasteiger partial charge in [-0.2, -0.15) is 0 Å². The number of nitrogens with zero attached hydrogens (tertiary/aromatic N) is 4. The Morgan fingerprint density at radius 2 is 2.03 bits per heavy atom. The van der Waals surface area contributed by atoms with Crippen LogP contribution in [-0.4, -0.2) is 43.8 Å². The molecule has 1 aliphatic heterocycles. The van der Waals surface area contributed by atoms with E-state index in [1.807, 2.05) is 6.07 Å². The van der Waals surface area contributed by atoms with Crippen LogP contribution in [0.4, 0.5) is 0 Å². The lowest BCUT2D eigenvalue weighted by Gasteiger charge is -2.26. The molecule has 0 bridgehead atoms. The van der Waals surface area contributed by atoms with Crippen molar-refractivity contribution in [1.82, 2.24) is 19.6 Å². The van der Waals surface area contributed by atoms with E-state index >= 15 is 0 Å². The molecule has 3 heterocycles. The summed E-state index contributed by atoms with van der Waals surface area (Å²) < 4.78 is 6.99. The average molecular weight is 408 g/mol. The fraction of sp³-hybridized carbons (Fsp3) is 0.455. The fourth-order valence-corrected chi connectivity index (χ4v) is 4.72. The van der Waals surface area contributed by atoms with Gasteiger partial charge in [0.2, 0.25) is 5.76 Å². The van der Waals surface area contributed by atoms with Crippen molar-refractivity contribution in [3.8, 4) is 0 Å². The van der Waals surface area contributed by atoms with Crippen molar-refractivity contribution >= 4 is 16.8 Å². The van der Waals surface area contributed by atoms with Gasteiger partial charge in [-0.25, -0.2) is 4.98 Å². The van der Waals surface area contributed by atoms with Crippen LogP contribution in [0.15, 0.2) is 33.6 Å². The van der Waals surface area contributed by atoms with Crippen molar-refractivity contribution in [2.24, 2.45) is 0 Å². The molecule has 2 aromatic heterocycles. The summed E-state index contributed by atoms with van der Waals surface area (Å²) >= 11 is 0. The Kier molecular flexibility index (Phi) is 4.86. The number of carbonyl (C=O) groups is 1. The number of hydrogen-bond donors (Lipinski definition) is 1. The Labute approximate surface area is 173 Å². The second kappa shape index (κ2) is 7.68. The minimum atomic E-state index is -0.342. The van der Waals surface area contributed by atoms with E-state index in [4.69, 9.17) is 9.51 Å². The predicted octanol–water partition coefficient (Wildman–Crippen LogP) is 2.23. The number of aliphatic hydroxyl groups excluding tert-OH is 1. The van der Waals surface area contributed by atoms with Crippen molar-refractivity contribution in [1.29, 1.82) is 0 Å². The third-order valence-corrected chi connectivity index (χ3v) is 6.18. The van der Waals surface area contributed by atoms with Gasteiger partial charge in [0.25, 0.3) is 11.5 Å². The molecule has 1 atom stereocenters. The first-order chi connectivity index (χ1) is 14.7. The van der Waals surface area contributed by atoms with Crippen molar-refractivity contribution in [3.05, 3.63) is 57.5 Å². The zero-order valence-corrected chi connectivity index (χ0v) is 16.7. The molecule has 1 N–H and O–H groups in total. The lowest BCUT2D eigenvalue weighted by atomic mass is 9.96. The smallest absolute Gasteiger partial charge is 0.293 e. The number of rotatable bonds is 4. The summed E-state index contributed by atoms with van der Waals surface area (Å²) in [6, 6.07) is 6.84. The van der Waals surface area contributed by atoms with Crippen LogP contribution >= 0.6 is 0 Å². The third-order valence-electron chi connectivity index (χ3n) is 6.18. The third kappa shape index (κ3) is 3.02.